The van der Waals surface area contributed by atoms with E-state index in [-0.39, 0.29) is 18.3 Å². The number of nitrogens with one attached hydrogen (secondary N) is 3. The van der Waals surface area contributed by atoms with E-state index in [1.165, 1.54) is 25.7 Å². The first kappa shape index (κ1) is 23.4. The fourth-order valence-electron chi connectivity index (χ4n) is 6.23. The van der Waals surface area contributed by atoms with Crippen molar-refractivity contribution >= 4 is 5.91 Å². The molecule has 2 saturated carbocycles. The molecule has 7 nitrogen and oxygen atoms in total. The van der Waals surface area contributed by atoms with Gasteiger partial charge in [0.1, 0.15) is 6.29 Å². The van der Waals surface area contributed by atoms with Crippen molar-refractivity contribution in [2.24, 2.45) is 17.8 Å². The van der Waals surface area contributed by atoms with Crippen LogP contribution in [0, 0.1) is 17.8 Å². The maximum absolute atomic E-state index is 13.0. The van der Waals surface area contributed by atoms with E-state index in [9.17, 15) is 4.79 Å². The van der Waals surface area contributed by atoms with Gasteiger partial charge >= 0.3 is 0 Å². The molecule has 7 heteroatoms. The molecule has 3 N–H and O–H groups in total. The van der Waals surface area contributed by atoms with Gasteiger partial charge in [0.15, 0.2) is 0 Å². The van der Waals surface area contributed by atoms with Crippen LogP contribution in [0.1, 0.15) is 64.2 Å². The van der Waals surface area contributed by atoms with Gasteiger partial charge in [-0.25, -0.2) is 0 Å². The quantitative estimate of drug-likeness (QED) is 0.567. The van der Waals surface area contributed by atoms with Crippen LogP contribution in [0.5, 0.6) is 0 Å². The third-order valence-corrected chi connectivity index (χ3v) is 8.19. The van der Waals surface area contributed by atoms with E-state index in [1.54, 1.807) is 0 Å². The molecule has 0 aromatic rings. The highest BCUT2D eigenvalue weighted by Gasteiger charge is 2.34. The molecule has 4 aliphatic rings. The Morgan fingerprint density at radius 2 is 1.81 bits per heavy atom. The van der Waals surface area contributed by atoms with Crippen LogP contribution >= 0.6 is 0 Å². The Kier molecular flexibility index (Phi) is 8.63. The first-order chi connectivity index (χ1) is 15.1. The molecule has 0 bridgehead atoms. The lowest BCUT2D eigenvalue weighted by molar-refractivity contribution is -0.137. The van der Waals surface area contributed by atoms with E-state index in [4.69, 9.17) is 9.47 Å². The van der Waals surface area contributed by atoms with Crippen LogP contribution in [0.25, 0.3) is 0 Å². The molecule has 1 amide bonds. The van der Waals surface area contributed by atoms with Crippen molar-refractivity contribution in [3.63, 3.8) is 0 Å². The molecular formula is C24H44N4O3. The summed E-state index contributed by atoms with van der Waals surface area (Å²) in [4.78, 5) is 14.9. The monoisotopic (exact) mass is 436 g/mol. The number of methoxy groups -OCH3 is 1. The van der Waals surface area contributed by atoms with E-state index in [1.807, 2.05) is 19.1 Å². The molecular weight excluding hydrogens is 392 g/mol. The second kappa shape index (κ2) is 11.4. The third kappa shape index (κ3) is 6.41. The minimum absolute atomic E-state index is 0.143. The maximum Gasteiger partial charge on any atom is 0.225 e. The van der Waals surface area contributed by atoms with Gasteiger partial charge in [0, 0.05) is 52.4 Å². The van der Waals surface area contributed by atoms with Crippen molar-refractivity contribution in [2.75, 3.05) is 40.4 Å². The first-order valence-electron chi connectivity index (χ1n) is 12.7. The SMILES string of the molecule is COC1CCC(C2CNC(NC3CCCC(C(=O)N(C)CC4CCCO4)C3)NC2)CC1. The van der Waals surface area contributed by atoms with Gasteiger partial charge in [0.2, 0.25) is 5.91 Å². The Bertz CT molecular complexity index is 555. The molecule has 3 unspecified atom stereocenters. The number of hydrogen-bond acceptors (Lipinski definition) is 6. The molecule has 178 valence electrons. The average molecular weight is 437 g/mol. The first-order valence-corrected chi connectivity index (χ1v) is 12.7. The highest BCUT2D eigenvalue weighted by Crippen LogP contribution is 2.32. The van der Waals surface area contributed by atoms with Gasteiger partial charge in [0.05, 0.1) is 12.2 Å². The van der Waals surface area contributed by atoms with Gasteiger partial charge in [0.25, 0.3) is 0 Å². The highest BCUT2D eigenvalue weighted by atomic mass is 16.5. The zero-order valence-electron chi connectivity index (χ0n) is 19.6. The number of carbonyl (C=O) groups is 1. The summed E-state index contributed by atoms with van der Waals surface area (Å²) in [5.74, 6) is 1.97. The number of hydrogen-bond donors (Lipinski definition) is 3. The molecule has 2 heterocycles. The topological polar surface area (TPSA) is 74.9 Å². The van der Waals surface area contributed by atoms with Crippen LogP contribution in [0.15, 0.2) is 0 Å². The number of nitrogens with zero attached hydrogens (tertiary/aromatic N) is 1. The molecule has 0 aromatic carbocycles. The Balaban J connectivity index is 1.17. The fraction of sp³-hybridized carbons (Fsp3) is 0.958. The average Bonchev–Trinajstić information content (AvgIpc) is 3.32. The molecule has 2 aliphatic carbocycles. The van der Waals surface area contributed by atoms with E-state index in [2.05, 4.69) is 16.0 Å². The number of amides is 1. The minimum Gasteiger partial charge on any atom is -0.381 e. The van der Waals surface area contributed by atoms with Crippen molar-refractivity contribution in [3.8, 4) is 0 Å². The van der Waals surface area contributed by atoms with E-state index >= 15 is 0 Å². The summed E-state index contributed by atoms with van der Waals surface area (Å²) in [7, 11) is 3.79. The summed E-state index contributed by atoms with van der Waals surface area (Å²) in [6.45, 7) is 3.74. The molecule has 0 radical (unpaired) electrons. The summed E-state index contributed by atoms with van der Waals surface area (Å²) in [5.41, 5.74) is 0. The second-order valence-electron chi connectivity index (χ2n) is 10.4. The van der Waals surface area contributed by atoms with Crippen LogP contribution in [-0.2, 0) is 14.3 Å². The molecule has 31 heavy (non-hydrogen) atoms. The van der Waals surface area contributed by atoms with Crippen LogP contribution in [-0.4, -0.2) is 75.7 Å². The molecule has 2 aliphatic heterocycles. The van der Waals surface area contributed by atoms with Gasteiger partial charge in [-0.2, -0.15) is 0 Å². The minimum atomic E-state index is 0.143. The van der Waals surface area contributed by atoms with Crippen LogP contribution < -0.4 is 16.0 Å². The summed E-state index contributed by atoms with van der Waals surface area (Å²) in [6.07, 6.45) is 12.3. The lowest BCUT2D eigenvalue weighted by Crippen LogP contribution is -2.63. The number of rotatable bonds is 7. The molecule has 0 aromatic heterocycles. The van der Waals surface area contributed by atoms with Crippen molar-refractivity contribution in [1.29, 1.82) is 0 Å². The zero-order chi connectivity index (χ0) is 21.6. The number of ether oxygens (including phenoxy) is 2. The van der Waals surface area contributed by atoms with E-state index < -0.39 is 0 Å². The fourth-order valence-corrected chi connectivity index (χ4v) is 6.23. The van der Waals surface area contributed by atoms with Gasteiger partial charge in [-0.05, 0) is 69.6 Å². The van der Waals surface area contributed by atoms with Gasteiger partial charge in [-0.1, -0.05) is 6.42 Å². The number of carbonyl (C=O) groups excluding carboxylic acids is 1. The summed E-state index contributed by atoms with van der Waals surface area (Å²) >= 11 is 0. The smallest absolute Gasteiger partial charge is 0.225 e. The predicted molar refractivity (Wildman–Crippen MR) is 122 cm³/mol. The predicted octanol–water partition coefficient (Wildman–Crippen LogP) is 2.07. The van der Waals surface area contributed by atoms with E-state index in [0.717, 1.165) is 70.7 Å². The lowest BCUT2D eigenvalue weighted by Gasteiger charge is -2.41. The second-order valence-corrected chi connectivity index (χ2v) is 10.4. The third-order valence-electron chi connectivity index (χ3n) is 8.19. The largest absolute Gasteiger partial charge is 0.381 e. The highest BCUT2D eigenvalue weighted by molar-refractivity contribution is 5.78. The molecule has 4 fully saturated rings. The normalized spacial score (nSPS) is 39.4. The Hall–Kier alpha value is -0.730. The van der Waals surface area contributed by atoms with Crippen LogP contribution in [0.3, 0.4) is 0 Å². The lowest BCUT2D eigenvalue weighted by atomic mass is 9.78. The van der Waals surface area contributed by atoms with Crippen molar-refractivity contribution in [2.45, 2.75) is 88.7 Å². The van der Waals surface area contributed by atoms with Crippen molar-refractivity contribution in [1.82, 2.24) is 20.9 Å². The van der Waals surface area contributed by atoms with Crippen molar-refractivity contribution in [3.05, 3.63) is 0 Å². The van der Waals surface area contributed by atoms with Crippen LogP contribution in [0.4, 0.5) is 0 Å². The Morgan fingerprint density at radius 3 is 2.48 bits per heavy atom. The van der Waals surface area contributed by atoms with Crippen molar-refractivity contribution < 1.29 is 14.3 Å². The van der Waals surface area contributed by atoms with Gasteiger partial charge < -0.3 is 14.4 Å². The Labute approximate surface area is 188 Å². The Morgan fingerprint density at radius 1 is 1.03 bits per heavy atom. The molecule has 3 atom stereocenters. The summed E-state index contributed by atoms with van der Waals surface area (Å²) in [5, 5.41) is 11.1. The van der Waals surface area contributed by atoms with E-state index in [0.29, 0.717) is 24.0 Å². The zero-order valence-corrected chi connectivity index (χ0v) is 19.6. The summed E-state index contributed by atoms with van der Waals surface area (Å²) in [6, 6.07) is 0.400. The molecule has 2 saturated heterocycles. The number of likely N-dealkylation sites (N-methyl/N-ethyl adjacent to an activating group) is 1. The van der Waals surface area contributed by atoms with Crippen LogP contribution in [0.2, 0.25) is 0 Å². The van der Waals surface area contributed by atoms with Gasteiger partial charge in [-0.15, -0.1) is 0 Å². The maximum atomic E-state index is 13.0. The summed E-state index contributed by atoms with van der Waals surface area (Å²) < 4.78 is 11.2. The van der Waals surface area contributed by atoms with Gasteiger partial charge in [-0.3, -0.25) is 20.7 Å². The molecule has 4 rings (SSSR count). The standard InChI is InChI=1S/C24H44N4O3/c1-28(16-22-7-4-12-31-22)23(29)18-5-3-6-20(13-18)27-24-25-14-19(15-26-24)17-8-10-21(30-2)11-9-17/h17-22,24-27H,3-16H2,1-2H3. The molecule has 0 spiro atoms.